The molecule has 0 aromatic carbocycles. The minimum atomic E-state index is -1.10. The Kier molecular flexibility index (Phi) is 17.6. The fraction of sp³-hybridized carbons (Fsp3) is 0.708. The Bertz CT molecular complexity index is 745. The van der Waals surface area contributed by atoms with E-state index in [0.717, 1.165) is 6.08 Å². The van der Waals surface area contributed by atoms with Gasteiger partial charge in [0.05, 0.1) is 14.5 Å². The highest BCUT2D eigenvalue weighted by Gasteiger charge is 2.29. The number of carboxylic acid groups (broad SMARTS) is 1. The van der Waals surface area contributed by atoms with Gasteiger partial charge in [0.25, 0.3) is 5.91 Å². The molecule has 3 N–H and O–H groups in total. The Morgan fingerprint density at radius 1 is 1.11 bits per heavy atom. The highest BCUT2D eigenvalue weighted by molar-refractivity contribution is 7.51. The molecular formula is C24H42N3O8P. The van der Waals surface area contributed by atoms with Crippen LogP contribution in [0.3, 0.4) is 0 Å². The van der Waals surface area contributed by atoms with Gasteiger partial charge < -0.3 is 29.9 Å². The van der Waals surface area contributed by atoms with E-state index in [9.17, 15) is 29.1 Å². The van der Waals surface area contributed by atoms with Crippen LogP contribution < -0.4 is 10.6 Å². The van der Waals surface area contributed by atoms with Gasteiger partial charge in [-0.15, -0.1) is 0 Å². The van der Waals surface area contributed by atoms with Crippen LogP contribution in [0.4, 0.5) is 0 Å². The van der Waals surface area contributed by atoms with Gasteiger partial charge in [-0.1, -0.05) is 6.42 Å². The maximum atomic E-state index is 12.3. The van der Waals surface area contributed by atoms with E-state index >= 15 is 0 Å². The van der Waals surface area contributed by atoms with E-state index in [4.69, 9.17) is 9.26 Å². The first-order valence-electron chi connectivity index (χ1n) is 12.0. The summed E-state index contributed by atoms with van der Waals surface area (Å²) in [6.45, 7) is 6.14. The van der Waals surface area contributed by atoms with Crippen LogP contribution in [0.1, 0.15) is 58.8 Å². The molecule has 0 aromatic rings. The SMILES string of the molecule is COP(C)COC(C)(C)C(=O)NCCCCC(NC(=O)CCCCCN(C)C(=O)/C=C\C=O)C(=O)O. The van der Waals surface area contributed by atoms with Crippen molar-refractivity contribution in [1.29, 1.82) is 0 Å². The molecule has 0 spiro atoms. The first-order valence-corrected chi connectivity index (χ1v) is 13.9. The van der Waals surface area contributed by atoms with Crippen molar-refractivity contribution < 1.29 is 38.3 Å². The second-order valence-electron chi connectivity index (χ2n) is 8.87. The van der Waals surface area contributed by atoms with Crippen molar-refractivity contribution in [1.82, 2.24) is 15.5 Å². The van der Waals surface area contributed by atoms with E-state index in [2.05, 4.69) is 10.6 Å². The largest absolute Gasteiger partial charge is 0.480 e. The predicted molar refractivity (Wildman–Crippen MR) is 138 cm³/mol. The first kappa shape index (κ1) is 33.6. The number of aliphatic carboxylic acids is 1. The van der Waals surface area contributed by atoms with Crippen molar-refractivity contribution in [2.45, 2.75) is 70.4 Å². The zero-order valence-corrected chi connectivity index (χ0v) is 23.0. The van der Waals surface area contributed by atoms with Gasteiger partial charge in [0.2, 0.25) is 11.8 Å². The lowest BCUT2D eigenvalue weighted by atomic mass is 10.1. The third kappa shape index (κ3) is 15.6. The number of aldehydes is 1. The highest BCUT2D eigenvalue weighted by atomic mass is 31.1. The average molecular weight is 532 g/mol. The Balaban J connectivity index is 4.17. The van der Waals surface area contributed by atoms with Crippen molar-refractivity contribution >= 4 is 38.1 Å². The molecule has 0 heterocycles. The zero-order chi connectivity index (χ0) is 27.6. The van der Waals surface area contributed by atoms with Gasteiger partial charge in [0, 0.05) is 39.7 Å². The smallest absolute Gasteiger partial charge is 0.326 e. The molecule has 0 aliphatic rings. The van der Waals surface area contributed by atoms with Crippen LogP contribution in [0.15, 0.2) is 12.2 Å². The van der Waals surface area contributed by atoms with E-state index < -0.39 is 25.8 Å². The number of unbranched alkanes of at least 4 members (excludes halogenated alkanes) is 3. The van der Waals surface area contributed by atoms with Gasteiger partial charge in [0.15, 0.2) is 0 Å². The summed E-state index contributed by atoms with van der Waals surface area (Å²) in [5, 5.41) is 14.8. The topological polar surface area (TPSA) is 151 Å². The third-order valence-corrected chi connectivity index (χ3v) is 6.51. The van der Waals surface area contributed by atoms with E-state index in [0.29, 0.717) is 57.8 Å². The summed E-state index contributed by atoms with van der Waals surface area (Å²) in [6.07, 6.45) is 6.71. The second-order valence-corrected chi connectivity index (χ2v) is 10.7. The predicted octanol–water partition coefficient (Wildman–Crippen LogP) is 2.04. The molecule has 0 aliphatic carbocycles. The van der Waals surface area contributed by atoms with Gasteiger partial charge in [0.1, 0.15) is 17.9 Å². The number of ether oxygens (including phenoxy) is 1. The molecule has 2 unspecified atom stereocenters. The van der Waals surface area contributed by atoms with Crippen LogP contribution in [0.25, 0.3) is 0 Å². The standard InChI is InChI=1S/C24H42N3O8P/c1-24(2,35-18-36(5)34-4)23(33)25-15-9-8-12-19(22(31)32)26-20(29)13-7-6-10-16-27(3)21(30)14-11-17-28/h11,14,17,19H,6-10,12-13,15-16,18H2,1-5H3,(H,25,33)(H,26,29)(H,31,32)/b14-11-. The number of carboxylic acids is 1. The van der Waals surface area contributed by atoms with Gasteiger partial charge >= 0.3 is 5.97 Å². The normalized spacial score (nSPS) is 13.1. The molecule has 0 saturated carbocycles. The Morgan fingerprint density at radius 3 is 2.42 bits per heavy atom. The number of allylic oxidation sites excluding steroid dienone is 1. The van der Waals surface area contributed by atoms with Crippen molar-refractivity contribution in [3.8, 4) is 0 Å². The molecule has 0 bridgehead atoms. The third-order valence-electron chi connectivity index (χ3n) is 5.40. The number of rotatable bonds is 20. The number of carbonyl (C=O) groups is 5. The molecule has 2 atom stereocenters. The Hall–Kier alpha value is -2.36. The van der Waals surface area contributed by atoms with Crippen LogP contribution in [0.2, 0.25) is 0 Å². The maximum absolute atomic E-state index is 12.3. The van der Waals surface area contributed by atoms with Gasteiger partial charge in [-0.3, -0.25) is 19.2 Å². The molecule has 0 rings (SSSR count). The van der Waals surface area contributed by atoms with Crippen LogP contribution in [0, 0.1) is 0 Å². The molecular weight excluding hydrogens is 489 g/mol. The molecule has 0 saturated heterocycles. The van der Waals surface area contributed by atoms with E-state index in [1.807, 2.05) is 6.66 Å². The molecule has 11 nitrogen and oxygen atoms in total. The Morgan fingerprint density at radius 2 is 1.81 bits per heavy atom. The van der Waals surface area contributed by atoms with Gasteiger partial charge in [-0.2, -0.15) is 0 Å². The van der Waals surface area contributed by atoms with Gasteiger partial charge in [-0.25, -0.2) is 4.79 Å². The number of likely N-dealkylation sites (N-methyl/N-ethyl adjacent to an activating group) is 1. The molecule has 0 aliphatic heterocycles. The summed E-state index contributed by atoms with van der Waals surface area (Å²) in [5.41, 5.74) is -0.995. The number of hydrogen-bond acceptors (Lipinski definition) is 7. The molecule has 0 aromatic heterocycles. The van der Waals surface area contributed by atoms with Crippen LogP contribution in [-0.4, -0.2) is 91.9 Å². The van der Waals surface area contributed by atoms with Crippen molar-refractivity contribution in [3.63, 3.8) is 0 Å². The molecule has 12 heteroatoms. The van der Waals surface area contributed by atoms with Crippen LogP contribution >= 0.6 is 8.15 Å². The minimum Gasteiger partial charge on any atom is -0.480 e. The summed E-state index contributed by atoms with van der Waals surface area (Å²) < 4.78 is 10.8. The lowest BCUT2D eigenvalue weighted by Crippen LogP contribution is -2.44. The number of amides is 3. The monoisotopic (exact) mass is 531 g/mol. The van der Waals surface area contributed by atoms with Gasteiger partial charge in [-0.05, 0) is 58.7 Å². The fourth-order valence-corrected chi connectivity index (χ4v) is 3.56. The summed E-state index contributed by atoms with van der Waals surface area (Å²) in [4.78, 5) is 59.4. The fourth-order valence-electron chi connectivity index (χ4n) is 2.95. The molecule has 206 valence electrons. The van der Waals surface area contributed by atoms with Crippen molar-refractivity contribution in [2.75, 3.05) is 40.3 Å². The molecule has 3 amide bonds. The molecule has 0 fully saturated rings. The molecule has 0 radical (unpaired) electrons. The number of carbonyl (C=O) groups excluding carboxylic acids is 4. The number of nitrogens with zero attached hydrogens (tertiary/aromatic N) is 1. The zero-order valence-electron chi connectivity index (χ0n) is 22.1. The summed E-state index contributed by atoms with van der Waals surface area (Å²) in [5.74, 6) is -1.95. The van der Waals surface area contributed by atoms with E-state index in [1.54, 1.807) is 28.0 Å². The quantitative estimate of drug-likeness (QED) is 0.0934. The van der Waals surface area contributed by atoms with E-state index in [-0.39, 0.29) is 30.6 Å². The van der Waals surface area contributed by atoms with E-state index in [1.165, 1.54) is 11.0 Å². The maximum Gasteiger partial charge on any atom is 0.326 e. The Labute approximate surface area is 215 Å². The van der Waals surface area contributed by atoms with Crippen LogP contribution in [-0.2, 0) is 33.2 Å². The van der Waals surface area contributed by atoms with Crippen molar-refractivity contribution in [2.24, 2.45) is 0 Å². The first-order chi connectivity index (χ1) is 16.9. The molecule has 36 heavy (non-hydrogen) atoms. The van der Waals surface area contributed by atoms with Crippen molar-refractivity contribution in [3.05, 3.63) is 12.2 Å². The summed E-state index contributed by atoms with van der Waals surface area (Å²) in [6, 6.07) is -0.987. The lowest BCUT2D eigenvalue weighted by molar-refractivity contribution is -0.142. The highest BCUT2D eigenvalue weighted by Crippen LogP contribution is 2.32. The van der Waals surface area contributed by atoms with Crippen LogP contribution in [0.5, 0.6) is 0 Å². The number of nitrogens with one attached hydrogen (secondary N) is 2. The summed E-state index contributed by atoms with van der Waals surface area (Å²) >= 11 is 0. The lowest BCUT2D eigenvalue weighted by Gasteiger charge is -2.25. The minimum absolute atomic E-state index is 0.195. The average Bonchev–Trinajstić information content (AvgIpc) is 2.83. The summed E-state index contributed by atoms with van der Waals surface area (Å²) in [7, 11) is 2.49. The number of hydrogen-bond donors (Lipinski definition) is 3. The second kappa shape index (κ2) is 18.8.